The van der Waals surface area contributed by atoms with Crippen LogP contribution in [0.3, 0.4) is 0 Å². The zero-order chi connectivity index (χ0) is 17.4. The largest absolute Gasteiger partial charge is 0.493 e. The average Bonchev–Trinajstić information content (AvgIpc) is 3.29. The molecule has 2 aromatic rings. The Labute approximate surface area is 145 Å². The van der Waals surface area contributed by atoms with Crippen molar-refractivity contribution in [3.8, 4) is 5.75 Å². The normalized spacial score (nSPS) is 21.7. The Morgan fingerprint density at radius 2 is 1.92 bits per heavy atom. The lowest BCUT2D eigenvalue weighted by Gasteiger charge is -2.25. The molecule has 2 aliphatic rings. The number of carboxylic acids is 1. The number of rotatable bonds is 3. The molecule has 1 amide bonds. The van der Waals surface area contributed by atoms with E-state index in [1.807, 2.05) is 42.5 Å². The van der Waals surface area contributed by atoms with E-state index >= 15 is 0 Å². The van der Waals surface area contributed by atoms with E-state index in [0.717, 1.165) is 23.3 Å². The number of carbonyl (C=O) groups excluding carboxylic acids is 1. The number of amides is 1. The molecule has 5 heteroatoms. The molecular weight excluding hydrogens is 318 g/mol. The van der Waals surface area contributed by atoms with Crippen molar-refractivity contribution < 1.29 is 19.4 Å². The molecule has 2 heterocycles. The van der Waals surface area contributed by atoms with Crippen molar-refractivity contribution in [3.05, 3.63) is 65.2 Å². The minimum atomic E-state index is -1.03. The number of hydrogen-bond donors (Lipinski definition) is 1. The Hall–Kier alpha value is -2.82. The number of benzene rings is 2. The Kier molecular flexibility index (Phi) is 3.71. The van der Waals surface area contributed by atoms with Crippen molar-refractivity contribution in [2.45, 2.75) is 18.3 Å². The van der Waals surface area contributed by atoms with E-state index in [0.29, 0.717) is 25.1 Å². The van der Waals surface area contributed by atoms with Gasteiger partial charge < -0.3 is 14.7 Å². The van der Waals surface area contributed by atoms with E-state index in [1.165, 1.54) is 0 Å². The van der Waals surface area contributed by atoms with Crippen LogP contribution >= 0.6 is 0 Å². The molecule has 128 valence electrons. The van der Waals surface area contributed by atoms with E-state index in [1.54, 1.807) is 11.0 Å². The molecule has 25 heavy (non-hydrogen) atoms. The first-order chi connectivity index (χ1) is 12.1. The van der Waals surface area contributed by atoms with Crippen LogP contribution in [0.1, 0.15) is 27.9 Å². The summed E-state index contributed by atoms with van der Waals surface area (Å²) in [6, 6.07) is 14.7. The maximum atomic E-state index is 12.9. The number of ether oxygens (including phenoxy) is 1. The number of carboxylic acid groups (broad SMARTS) is 1. The first-order valence-corrected chi connectivity index (χ1v) is 8.44. The second-order valence-corrected chi connectivity index (χ2v) is 6.65. The maximum absolute atomic E-state index is 12.9. The van der Waals surface area contributed by atoms with Crippen LogP contribution in [-0.4, -0.2) is 41.6 Å². The molecule has 0 radical (unpaired) electrons. The third kappa shape index (κ3) is 2.56. The summed E-state index contributed by atoms with van der Waals surface area (Å²) in [5.74, 6) is -0.160. The first-order valence-electron chi connectivity index (χ1n) is 8.44. The van der Waals surface area contributed by atoms with Crippen LogP contribution in [0.15, 0.2) is 48.5 Å². The molecular formula is C20H19NO4. The molecule has 1 N–H and O–H groups in total. The van der Waals surface area contributed by atoms with Crippen molar-refractivity contribution in [1.82, 2.24) is 4.90 Å². The van der Waals surface area contributed by atoms with Crippen LogP contribution in [0.2, 0.25) is 0 Å². The van der Waals surface area contributed by atoms with E-state index in [4.69, 9.17) is 4.74 Å². The van der Waals surface area contributed by atoms with Crippen molar-refractivity contribution in [2.75, 3.05) is 19.7 Å². The van der Waals surface area contributed by atoms with Gasteiger partial charge in [-0.15, -0.1) is 0 Å². The quantitative estimate of drug-likeness (QED) is 0.934. The predicted molar refractivity (Wildman–Crippen MR) is 91.9 cm³/mol. The lowest BCUT2D eigenvalue weighted by Crippen LogP contribution is -2.40. The van der Waals surface area contributed by atoms with Crippen LogP contribution in [-0.2, 0) is 16.6 Å². The highest BCUT2D eigenvalue weighted by Gasteiger charge is 2.47. The van der Waals surface area contributed by atoms with E-state index < -0.39 is 11.4 Å². The van der Waals surface area contributed by atoms with Crippen LogP contribution in [0.25, 0.3) is 0 Å². The molecule has 0 aromatic heterocycles. The molecule has 4 rings (SSSR count). The van der Waals surface area contributed by atoms with Gasteiger partial charge in [0.25, 0.3) is 5.91 Å². The molecule has 1 atom stereocenters. The van der Waals surface area contributed by atoms with Gasteiger partial charge >= 0.3 is 5.97 Å². The molecule has 2 aliphatic heterocycles. The Bertz CT molecular complexity index is 833. The highest BCUT2D eigenvalue weighted by Crippen LogP contribution is 2.36. The summed E-state index contributed by atoms with van der Waals surface area (Å²) < 4.78 is 5.48. The van der Waals surface area contributed by atoms with Crippen molar-refractivity contribution in [3.63, 3.8) is 0 Å². The summed E-state index contributed by atoms with van der Waals surface area (Å²) >= 11 is 0. The Morgan fingerprint density at radius 1 is 1.12 bits per heavy atom. The zero-order valence-electron chi connectivity index (χ0n) is 13.8. The fourth-order valence-electron chi connectivity index (χ4n) is 3.78. The van der Waals surface area contributed by atoms with Crippen LogP contribution in [0.5, 0.6) is 5.75 Å². The van der Waals surface area contributed by atoms with Gasteiger partial charge in [0.15, 0.2) is 0 Å². The molecule has 1 saturated heterocycles. The summed E-state index contributed by atoms with van der Waals surface area (Å²) in [7, 11) is 0. The highest BCUT2D eigenvalue weighted by molar-refractivity contribution is 5.96. The van der Waals surface area contributed by atoms with Gasteiger partial charge in [0.2, 0.25) is 0 Å². The van der Waals surface area contributed by atoms with Gasteiger partial charge in [0.05, 0.1) is 6.61 Å². The second-order valence-electron chi connectivity index (χ2n) is 6.65. The molecule has 5 nitrogen and oxygen atoms in total. The van der Waals surface area contributed by atoms with Crippen molar-refractivity contribution >= 4 is 11.9 Å². The summed E-state index contributed by atoms with van der Waals surface area (Å²) in [5, 5.41) is 9.86. The Balaban J connectivity index is 1.61. The minimum Gasteiger partial charge on any atom is -0.493 e. The number of nitrogens with zero attached hydrogens (tertiary/aromatic N) is 1. The predicted octanol–water partition coefficient (Wildman–Crippen LogP) is 2.49. The number of hydrogen-bond acceptors (Lipinski definition) is 3. The van der Waals surface area contributed by atoms with Gasteiger partial charge in [0, 0.05) is 25.1 Å². The standard InChI is InChI=1S/C20H19NO4/c22-18(15-6-7-17-14(12-15)8-11-25-17)21-10-9-20(13-21,19(23)24)16-4-2-1-3-5-16/h1-7,12H,8-11,13H2,(H,23,24). The van der Waals surface area contributed by atoms with Gasteiger partial charge in [-0.3, -0.25) is 9.59 Å². The fourth-order valence-corrected chi connectivity index (χ4v) is 3.78. The fraction of sp³-hybridized carbons (Fsp3) is 0.300. The Morgan fingerprint density at radius 3 is 2.68 bits per heavy atom. The monoisotopic (exact) mass is 337 g/mol. The number of fused-ring (bicyclic) bond motifs is 1. The smallest absolute Gasteiger partial charge is 0.316 e. The first kappa shape index (κ1) is 15.7. The van der Waals surface area contributed by atoms with Gasteiger partial charge in [-0.05, 0) is 35.7 Å². The number of aliphatic carboxylic acids is 1. The lowest BCUT2D eigenvalue weighted by molar-refractivity contribution is -0.143. The highest BCUT2D eigenvalue weighted by atomic mass is 16.5. The molecule has 0 spiro atoms. The average molecular weight is 337 g/mol. The third-order valence-corrected chi connectivity index (χ3v) is 5.23. The van der Waals surface area contributed by atoms with Crippen LogP contribution in [0.4, 0.5) is 0 Å². The van der Waals surface area contributed by atoms with Crippen LogP contribution < -0.4 is 4.74 Å². The summed E-state index contributed by atoms with van der Waals surface area (Å²) in [4.78, 5) is 26.6. The third-order valence-electron chi connectivity index (χ3n) is 5.23. The van der Waals surface area contributed by atoms with E-state index in [9.17, 15) is 14.7 Å². The summed E-state index contributed by atoms with van der Waals surface area (Å²) in [5.41, 5.74) is 1.35. The molecule has 2 aromatic carbocycles. The van der Waals surface area contributed by atoms with Gasteiger partial charge in [-0.25, -0.2) is 0 Å². The number of likely N-dealkylation sites (tertiary alicyclic amines) is 1. The summed E-state index contributed by atoms with van der Waals surface area (Å²) in [6.07, 6.45) is 1.23. The molecule has 0 saturated carbocycles. The lowest BCUT2D eigenvalue weighted by atomic mass is 9.80. The van der Waals surface area contributed by atoms with Gasteiger partial charge in [0.1, 0.15) is 11.2 Å². The SMILES string of the molecule is O=C(c1ccc2c(c1)CCO2)N1CCC(C(=O)O)(c2ccccc2)C1. The van der Waals surface area contributed by atoms with Gasteiger partial charge in [-0.1, -0.05) is 30.3 Å². The van der Waals surface area contributed by atoms with Crippen molar-refractivity contribution in [1.29, 1.82) is 0 Å². The molecule has 0 bridgehead atoms. The van der Waals surface area contributed by atoms with Crippen LogP contribution in [0, 0.1) is 0 Å². The molecule has 1 fully saturated rings. The summed E-state index contributed by atoms with van der Waals surface area (Å²) in [6.45, 7) is 1.28. The maximum Gasteiger partial charge on any atom is 0.316 e. The molecule has 1 unspecified atom stereocenters. The van der Waals surface area contributed by atoms with Crippen molar-refractivity contribution in [2.24, 2.45) is 0 Å². The topological polar surface area (TPSA) is 66.8 Å². The minimum absolute atomic E-state index is 0.117. The van der Waals surface area contributed by atoms with Gasteiger partial charge in [-0.2, -0.15) is 0 Å². The number of carbonyl (C=O) groups is 2. The second kappa shape index (κ2) is 5.92. The zero-order valence-corrected chi connectivity index (χ0v) is 13.8. The van der Waals surface area contributed by atoms with E-state index in [-0.39, 0.29) is 12.5 Å². The molecule has 0 aliphatic carbocycles. The van der Waals surface area contributed by atoms with E-state index in [2.05, 4.69) is 0 Å².